The Kier molecular flexibility index (Phi) is 11.6. The molecule has 1 aromatic heterocycles. The number of nitrogens with one attached hydrogen (secondary N) is 3. The molecular weight excluding hydrogens is 763 g/mol. The fraction of sp³-hybridized carbons (Fsp3) is 0.651. The van der Waals surface area contributed by atoms with E-state index in [0.29, 0.717) is 49.4 Å². The number of sulfonamides is 1. The molecule has 3 N–H and O–H groups in total. The zero-order valence-corrected chi connectivity index (χ0v) is 34.4. The van der Waals surface area contributed by atoms with Crippen LogP contribution in [0, 0.1) is 17.8 Å². The van der Waals surface area contributed by atoms with Gasteiger partial charge in [-0.25, -0.2) is 18.2 Å². The van der Waals surface area contributed by atoms with E-state index in [1.165, 1.54) is 4.90 Å². The van der Waals surface area contributed by atoms with Crippen molar-refractivity contribution in [3.05, 3.63) is 42.0 Å². The van der Waals surface area contributed by atoms with E-state index < -0.39 is 62.8 Å². The van der Waals surface area contributed by atoms with Crippen LogP contribution < -0.4 is 24.8 Å². The number of pyridine rings is 1. The predicted octanol–water partition coefficient (Wildman–Crippen LogP) is 5.22. The molecular formula is C43H57N5O9S. The van der Waals surface area contributed by atoms with Crippen LogP contribution in [0.25, 0.3) is 10.9 Å². The van der Waals surface area contributed by atoms with Crippen LogP contribution in [-0.4, -0.2) is 90.3 Å². The molecule has 5 fully saturated rings. The summed E-state index contributed by atoms with van der Waals surface area (Å²) in [7, 11) is -3.87. The number of carbonyl (C=O) groups excluding carboxylic acids is 4. The normalized spacial score (nSPS) is 30.6. The molecule has 58 heavy (non-hydrogen) atoms. The van der Waals surface area contributed by atoms with E-state index in [-0.39, 0.29) is 43.2 Å². The standard InChI is InChI=1S/C43H57N5O9S/c1-3-28-24-43(28,41(51)47-58(53,54)30-21-22-30)46-38(49)34-23-29-25-48(34)40(50)36(27-14-8-9-15-27)45-42(52)57-35-20-12-16-26(35)13-6-5-7-18-32-37(55-4-2)31-17-10-11-19-33(31)44-39(32)56-29/h5,7,10-11,17,19,26-30,34-36H,3-4,6,8-9,12-16,18,20-25H2,1-2H3,(H,45,52)(H,46,49)(H,47,51)/t26-,28-,29-,34+,35-,36+,43-/m1/s1. The van der Waals surface area contributed by atoms with Crippen LogP contribution in [0.15, 0.2) is 36.4 Å². The minimum Gasteiger partial charge on any atom is -0.493 e. The largest absolute Gasteiger partial charge is 0.493 e. The lowest BCUT2D eigenvalue weighted by molar-refractivity contribution is -0.142. The maximum Gasteiger partial charge on any atom is 0.408 e. The molecule has 1 saturated heterocycles. The number of para-hydroxylation sites is 1. The molecule has 314 valence electrons. The molecule has 1 aromatic carbocycles. The summed E-state index contributed by atoms with van der Waals surface area (Å²) >= 11 is 0. The van der Waals surface area contributed by atoms with Crippen molar-refractivity contribution in [3.63, 3.8) is 0 Å². The highest BCUT2D eigenvalue weighted by Crippen LogP contribution is 2.47. The summed E-state index contributed by atoms with van der Waals surface area (Å²) in [6.07, 6.45) is 12.6. The molecule has 4 amide bonds. The lowest BCUT2D eigenvalue weighted by Gasteiger charge is -2.32. The average molecular weight is 820 g/mol. The number of alkyl carbamates (subject to hydrolysis) is 1. The fourth-order valence-corrected chi connectivity index (χ4v) is 11.2. The lowest BCUT2D eigenvalue weighted by Crippen LogP contribution is -2.59. The molecule has 2 aliphatic heterocycles. The summed E-state index contributed by atoms with van der Waals surface area (Å²) in [5.74, 6) is -0.953. The van der Waals surface area contributed by atoms with Gasteiger partial charge in [0.2, 0.25) is 27.7 Å². The van der Waals surface area contributed by atoms with Gasteiger partial charge in [0.1, 0.15) is 35.6 Å². The van der Waals surface area contributed by atoms with Gasteiger partial charge in [0.25, 0.3) is 5.91 Å². The summed E-state index contributed by atoms with van der Waals surface area (Å²) < 4.78 is 47.1. The van der Waals surface area contributed by atoms with Gasteiger partial charge in [0.05, 0.1) is 29.5 Å². The molecule has 14 nitrogen and oxygen atoms in total. The van der Waals surface area contributed by atoms with Crippen molar-refractivity contribution in [1.29, 1.82) is 0 Å². The first-order chi connectivity index (χ1) is 28.0. The number of aromatic nitrogens is 1. The molecule has 6 aliphatic rings. The number of hydrogen-bond donors (Lipinski definition) is 3. The maximum atomic E-state index is 15.0. The second-order valence-electron chi connectivity index (χ2n) is 17.2. The van der Waals surface area contributed by atoms with Crippen LogP contribution in [0.5, 0.6) is 11.6 Å². The van der Waals surface area contributed by atoms with E-state index in [9.17, 15) is 27.6 Å². The number of rotatable bonds is 9. The Labute approximate surface area is 340 Å². The van der Waals surface area contributed by atoms with E-state index in [2.05, 4.69) is 27.5 Å². The van der Waals surface area contributed by atoms with Crippen LogP contribution in [0.1, 0.15) is 109 Å². The molecule has 4 saturated carbocycles. The third-order valence-corrected chi connectivity index (χ3v) is 15.1. The molecule has 0 spiro atoms. The number of amides is 4. The quantitative estimate of drug-likeness (QED) is 0.284. The number of allylic oxidation sites excluding steroid dienone is 2. The summed E-state index contributed by atoms with van der Waals surface area (Å²) in [6, 6.07) is 5.69. The fourth-order valence-electron chi connectivity index (χ4n) is 9.88. The van der Waals surface area contributed by atoms with Crippen LogP contribution in [-0.2, 0) is 35.6 Å². The Morgan fingerprint density at radius 3 is 2.50 bits per heavy atom. The Hall–Kier alpha value is -4.40. The summed E-state index contributed by atoms with van der Waals surface area (Å²) in [6.45, 7) is 4.26. The van der Waals surface area contributed by atoms with Gasteiger partial charge >= 0.3 is 6.09 Å². The molecule has 15 heteroatoms. The third kappa shape index (κ3) is 8.24. The Bertz CT molecular complexity index is 2050. The summed E-state index contributed by atoms with van der Waals surface area (Å²) in [4.78, 5) is 63.4. The van der Waals surface area contributed by atoms with Crippen molar-refractivity contribution in [3.8, 4) is 11.6 Å². The second kappa shape index (κ2) is 16.7. The van der Waals surface area contributed by atoms with Crippen LogP contribution >= 0.6 is 0 Å². The van der Waals surface area contributed by atoms with Gasteiger partial charge in [0.15, 0.2) is 0 Å². The van der Waals surface area contributed by atoms with E-state index >= 15 is 0 Å². The van der Waals surface area contributed by atoms with Crippen molar-refractivity contribution in [1.82, 2.24) is 25.2 Å². The van der Waals surface area contributed by atoms with Gasteiger partial charge in [-0.1, -0.05) is 50.5 Å². The first-order valence-corrected chi connectivity index (χ1v) is 23.1. The highest BCUT2D eigenvalue weighted by molar-refractivity contribution is 7.91. The van der Waals surface area contributed by atoms with Crippen molar-refractivity contribution in [2.75, 3.05) is 13.2 Å². The third-order valence-electron chi connectivity index (χ3n) is 13.3. The van der Waals surface area contributed by atoms with Gasteiger partial charge in [-0.3, -0.25) is 19.1 Å². The monoisotopic (exact) mass is 819 g/mol. The van der Waals surface area contributed by atoms with Crippen LogP contribution in [0.2, 0.25) is 0 Å². The van der Waals surface area contributed by atoms with E-state index in [4.69, 9.17) is 19.2 Å². The number of benzene rings is 1. The van der Waals surface area contributed by atoms with E-state index in [1.807, 2.05) is 38.1 Å². The Morgan fingerprint density at radius 2 is 1.76 bits per heavy atom. The SMILES string of the molecule is CCOc1c2c(nc3ccccc13)O[C@@H]1C[C@@H](C(=O)N[C@]3(C(=O)NS(=O)(=O)C4CC4)C[C@H]3CC)N(C1)C(=O)[C@H](C1CCCC1)NC(=O)O[C@@H]1CCC[C@H]1CCC=CC2. The second-order valence-corrected chi connectivity index (χ2v) is 19.1. The zero-order valence-electron chi connectivity index (χ0n) is 33.6. The molecule has 0 unspecified atom stereocenters. The molecule has 4 aliphatic carbocycles. The average Bonchev–Trinajstić information content (AvgIpc) is 3.99. The topological polar surface area (TPSA) is 182 Å². The molecule has 3 heterocycles. The minimum absolute atomic E-state index is 0.0157. The molecule has 2 bridgehead atoms. The Morgan fingerprint density at radius 1 is 0.983 bits per heavy atom. The first kappa shape index (κ1) is 40.4. The van der Waals surface area contributed by atoms with Gasteiger partial charge in [-0.05, 0) is 107 Å². The smallest absolute Gasteiger partial charge is 0.408 e. The van der Waals surface area contributed by atoms with Crippen molar-refractivity contribution >= 4 is 44.7 Å². The maximum absolute atomic E-state index is 15.0. The van der Waals surface area contributed by atoms with Gasteiger partial charge in [-0.15, -0.1) is 0 Å². The van der Waals surface area contributed by atoms with Crippen LogP contribution in [0.4, 0.5) is 4.79 Å². The molecule has 8 rings (SSSR count). The van der Waals surface area contributed by atoms with Crippen molar-refractivity contribution in [2.24, 2.45) is 17.8 Å². The number of ether oxygens (including phenoxy) is 3. The Balaban J connectivity index is 1.15. The van der Waals surface area contributed by atoms with Crippen molar-refractivity contribution < 1.29 is 41.8 Å². The number of hydrogen-bond acceptors (Lipinski definition) is 10. The first-order valence-electron chi connectivity index (χ1n) is 21.5. The van der Waals surface area contributed by atoms with Crippen molar-refractivity contribution in [2.45, 2.75) is 145 Å². The van der Waals surface area contributed by atoms with Crippen LogP contribution in [0.3, 0.4) is 0 Å². The van der Waals surface area contributed by atoms with Gasteiger partial charge in [0, 0.05) is 11.8 Å². The number of fused-ring (bicyclic) bond motifs is 5. The number of carbonyl (C=O) groups is 4. The summed E-state index contributed by atoms with van der Waals surface area (Å²) in [5, 5.41) is 6.14. The highest BCUT2D eigenvalue weighted by Gasteiger charge is 2.62. The summed E-state index contributed by atoms with van der Waals surface area (Å²) in [5.41, 5.74) is 0.0171. The number of nitrogens with zero attached hydrogens (tertiary/aromatic N) is 2. The highest BCUT2D eigenvalue weighted by atomic mass is 32.2. The van der Waals surface area contributed by atoms with E-state index in [1.54, 1.807) is 0 Å². The van der Waals surface area contributed by atoms with E-state index in [0.717, 1.165) is 68.7 Å². The van der Waals surface area contributed by atoms with Gasteiger partial charge < -0.3 is 29.7 Å². The molecule has 7 atom stereocenters. The minimum atomic E-state index is -3.87. The predicted molar refractivity (Wildman–Crippen MR) is 215 cm³/mol. The molecule has 0 radical (unpaired) electrons. The molecule has 2 aromatic rings. The van der Waals surface area contributed by atoms with Gasteiger partial charge in [-0.2, -0.15) is 0 Å². The zero-order chi connectivity index (χ0) is 40.6. The lowest BCUT2D eigenvalue weighted by atomic mass is 9.96.